The highest BCUT2D eigenvalue weighted by Crippen LogP contribution is 2.36. The Morgan fingerprint density at radius 2 is 1.95 bits per heavy atom. The molecule has 2 bridgehead atoms. The van der Waals surface area contributed by atoms with Crippen molar-refractivity contribution >= 4 is 5.91 Å². The summed E-state index contributed by atoms with van der Waals surface area (Å²) in [6, 6.07) is 1.13. The van der Waals surface area contributed by atoms with Gasteiger partial charge in [-0.2, -0.15) is 0 Å². The van der Waals surface area contributed by atoms with Gasteiger partial charge in [0.25, 0.3) is 0 Å². The average molecular weight is 267 g/mol. The van der Waals surface area contributed by atoms with Crippen molar-refractivity contribution in [2.75, 3.05) is 13.6 Å². The van der Waals surface area contributed by atoms with Gasteiger partial charge in [-0.05, 0) is 44.6 Å². The number of piperidine rings is 1. The molecule has 2 saturated heterocycles. The van der Waals surface area contributed by atoms with E-state index in [9.17, 15) is 4.79 Å². The van der Waals surface area contributed by atoms with Crippen molar-refractivity contribution < 1.29 is 4.79 Å². The highest BCUT2D eigenvalue weighted by atomic mass is 16.2. The molecular weight excluding hydrogens is 238 g/mol. The van der Waals surface area contributed by atoms with Gasteiger partial charge in [-0.3, -0.25) is 4.79 Å². The van der Waals surface area contributed by atoms with Gasteiger partial charge >= 0.3 is 0 Å². The summed E-state index contributed by atoms with van der Waals surface area (Å²) in [4.78, 5) is 14.5. The van der Waals surface area contributed by atoms with Gasteiger partial charge in [-0.1, -0.05) is 20.3 Å². The molecule has 4 heteroatoms. The molecule has 4 nitrogen and oxygen atoms in total. The summed E-state index contributed by atoms with van der Waals surface area (Å²) in [5, 5.41) is 3.07. The largest absolute Gasteiger partial charge is 0.354 e. The normalized spacial score (nSPS) is 34.0. The SMILES string of the molecule is CCC(C)[C@H](N)C(=O)NCC1CC2CCC(C1)N2C. The lowest BCUT2D eigenvalue weighted by molar-refractivity contribution is -0.123. The maximum Gasteiger partial charge on any atom is 0.237 e. The van der Waals surface area contributed by atoms with Crippen molar-refractivity contribution in [3.8, 4) is 0 Å². The summed E-state index contributed by atoms with van der Waals surface area (Å²) in [7, 11) is 2.25. The van der Waals surface area contributed by atoms with Crippen molar-refractivity contribution in [3.63, 3.8) is 0 Å². The predicted molar refractivity (Wildman–Crippen MR) is 77.7 cm³/mol. The zero-order valence-corrected chi connectivity index (χ0v) is 12.6. The highest BCUT2D eigenvalue weighted by molar-refractivity contribution is 5.81. The topological polar surface area (TPSA) is 58.4 Å². The number of carbonyl (C=O) groups is 1. The van der Waals surface area contributed by atoms with E-state index in [2.05, 4.69) is 24.2 Å². The second-order valence-electron chi connectivity index (χ2n) is 6.54. The minimum Gasteiger partial charge on any atom is -0.354 e. The van der Waals surface area contributed by atoms with Crippen LogP contribution in [0.4, 0.5) is 0 Å². The van der Waals surface area contributed by atoms with Crippen LogP contribution in [0.15, 0.2) is 0 Å². The van der Waals surface area contributed by atoms with Crippen LogP contribution in [-0.4, -0.2) is 42.5 Å². The van der Waals surface area contributed by atoms with E-state index in [-0.39, 0.29) is 17.9 Å². The van der Waals surface area contributed by atoms with Gasteiger partial charge in [-0.25, -0.2) is 0 Å². The molecule has 0 spiro atoms. The molecule has 1 amide bonds. The van der Waals surface area contributed by atoms with Gasteiger partial charge in [0.1, 0.15) is 0 Å². The maximum absolute atomic E-state index is 12.0. The molecule has 0 aromatic heterocycles. The Morgan fingerprint density at radius 1 is 1.37 bits per heavy atom. The van der Waals surface area contributed by atoms with Gasteiger partial charge in [0.05, 0.1) is 6.04 Å². The molecular formula is C15H29N3O. The Balaban J connectivity index is 1.76. The molecule has 0 radical (unpaired) electrons. The number of rotatable bonds is 5. The van der Waals surface area contributed by atoms with Crippen molar-refractivity contribution in [2.45, 2.75) is 64.1 Å². The minimum absolute atomic E-state index is 0.0284. The standard InChI is InChI=1S/C15H29N3O/c1-4-10(2)14(16)15(19)17-9-11-7-12-5-6-13(8-11)18(12)3/h10-14H,4-9,16H2,1-3H3,(H,17,19)/t10?,11?,12?,13?,14-/m0/s1. The van der Waals surface area contributed by atoms with Crippen LogP contribution in [-0.2, 0) is 4.79 Å². The molecule has 2 aliphatic rings. The fourth-order valence-electron chi connectivity index (χ4n) is 3.57. The van der Waals surface area contributed by atoms with Crippen LogP contribution in [0, 0.1) is 11.8 Å². The predicted octanol–water partition coefficient (Wildman–Crippen LogP) is 1.35. The molecule has 0 saturated carbocycles. The summed E-state index contributed by atoms with van der Waals surface area (Å²) in [5.74, 6) is 0.927. The van der Waals surface area contributed by atoms with Crippen LogP contribution in [0.25, 0.3) is 0 Å². The van der Waals surface area contributed by atoms with E-state index in [1.807, 2.05) is 6.92 Å². The average Bonchev–Trinajstić information content (AvgIpc) is 2.65. The molecule has 2 heterocycles. The maximum atomic E-state index is 12.0. The van der Waals surface area contributed by atoms with Crippen molar-refractivity contribution in [2.24, 2.45) is 17.6 Å². The summed E-state index contributed by atoms with van der Waals surface area (Å²) < 4.78 is 0. The third kappa shape index (κ3) is 3.29. The van der Waals surface area contributed by atoms with E-state index in [0.29, 0.717) is 5.92 Å². The van der Waals surface area contributed by atoms with Crippen LogP contribution in [0.2, 0.25) is 0 Å². The number of nitrogens with two attached hydrogens (primary N) is 1. The summed E-state index contributed by atoms with van der Waals surface area (Å²) >= 11 is 0. The first-order valence-electron chi connectivity index (χ1n) is 7.78. The number of nitrogens with zero attached hydrogens (tertiary/aromatic N) is 1. The second kappa shape index (κ2) is 6.23. The van der Waals surface area contributed by atoms with Crippen molar-refractivity contribution in [1.82, 2.24) is 10.2 Å². The molecule has 2 aliphatic heterocycles. The van der Waals surface area contributed by atoms with E-state index in [1.54, 1.807) is 0 Å². The first-order chi connectivity index (χ1) is 9.02. The number of hydrogen-bond acceptors (Lipinski definition) is 3. The van der Waals surface area contributed by atoms with Crippen LogP contribution < -0.4 is 11.1 Å². The molecule has 3 N–H and O–H groups in total. The minimum atomic E-state index is -0.354. The highest BCUT2D eigenvalue weighted by Gasteiger charge is 2.38. The number of hydrogen-bond donors (Lipinski definition) is 2. The lowest BCUT2D eigenvalue weighted by Crippen LogP contribution is -2.48. The fourth-order valence-corrected chi connectivity index (χ4v) is 3.57. The lowest BCUT2D eigenvalue weighted by atomic mass is 9.91. The van der Waals surface area contributed by atoms with Crippen molar-refractivity contribution in [3.05, 3.63) is 0 Å². The Kier molecular flexibility index (Phi) is 4.85. The molecule has 3 unspecified atom stereocenters. The molecule has 0 aromatic carbocycles. The fraction of sp³-hybridized carbons (Fsp3) is 0.933. The zero-order chi connectivity index (χ0) is 14.0. The molecule has 0 aliphatic carbocycles. The first-order valence-corrected chi connectivity index (χ1v) is 7.78. The Labute approximate surface area is 117 Å². The number of nitrogens with one attached hydrogen (secondary N) is 1. The summed E-state index contributed by atoms with van der Waals surface area (Å²) in [6.45, 7) is 4.93. The van der Waals surface area contributed by atoms with E-state index in [1.165, 1.54) is 25.7 Å². The number of amides is 1. The van der Waals surface area contributed by atoms with Gasteiger partial charge in [0.15, 0.2) is 0 Å². The summed E-state index contributed by atoms with van der Waals surface area (Å²) in [6.07, 6.45) is 6.07. The molecule has 0 aromatic rings. The molecule has 110 valence electrons. The molecule has 19 heavy (non-hydrogen) atoms. The van der Waals surface area contributed by atoms with Gasteiger partial charge in [-0.15, -0.1) is 0 Å². The lowest BCUT2D eigenvalue weighted by Gasteiger charge is -2.36. The number of carbonyl (C=O) groups excluding carboxylic acids is 1. The Hall–Kier alpha value is -0.610. The monoisotopic (exact) mass is 267 g/mol. The second-order valence-corrected chi connectivity index (χ2v) is 6.54. The van der Waals surface area contributed by atoms with E-state index >= 15 is 0 Å². The third-order valence-corrected chi connectivity index (χ3v) is 5.32. The van der Waals surface area contributed by atoms with Gasteiger partial charge in [0.2, 0.25) is 5.91 Å². The van der Waals surface area contributed by atoms with E-state index in [4.69, 9.17) is 5.73 Å². The van der Waals surface area contributed by atoms with Crippen LogP contribution in [0.3, 0.4) is 0 Å². The smallest absolute Gasteiger partial charge is 0.237 e. The quantitative estimate of drug-likeness (QED) is 0.790. The van der Waals surface area contributed by atoms with Crippen LogP contribution in [0.5, 0.6) is 0 Å². The zero-order valence-electron chi connectivity index (χ0n) is 12.6. The molecule has 2 fully saturated rings. The van der Waals surface area contributed by atoms with E-state index < -0.39 is 0 Å². The van der Waals surface area contributed by atoms with Crippen LogP contribution in [0.1, 0.15) is 46.0 Å². The molecule has 4 atom stereocenters. The van der Waals surface area contributed by atoms with Crippen LogP contribution >= 0.6 is 0 Å². The van der Waals surface area contributed by atoms with E-state index in [0.717, 1.165) is 25.0 Å². The van der Waals surface area contributed by atoms with Gasteiger partial charge < -0.3 is 16.0 Å². The van der Waals surface area contributed by atoms with Crippen molar-refractivity contribution in [1.29, 1.82) is 0 Å². The molecule has 2 rings (SSSR count). The third-order valence-electron chi connectivity index (χ3n) is 5.32. The number of fused-ring (bicyclic) bond motifs is 2. The Bertz CT molecular complexity index is 307. The van der Waals surface area contributed by atoms with Gasteiger partial charge in [0, 0.05) is 18.6 Å². The Morgan fingerprint density at radius 3 is 2.47 bits per heavy atom. The summed E-state index contributed by atoms with van der Waals surface area (Å²) in [5.41, 5.74) is 5.96. The first kappa shape index (κ1) is 14.8.